The third-order valence-electron chi connectivity index (χ3n) is 4.97. The summed E-state index contributed by atoms with van der Waals surface area (Å²) in [5.41, 5.74) is 0. The smallest absolute Gasteiger partial charge is 0.228 e. The van der Waals surface area contributed by atoms with Crippen LogP contribution in [-0.4, -0.2) is 47.8 Å². The first-order chi connectivity index (χ1) is 8.66. The van der Waals surface area contributed by atoms with Crippen LogP contribution in [0.1, 0.15) is 38.5 Å². The average Bonchev–Trinajstić information content (AvgIpc) is 2.95. The molecule has 0 bridgehead atoms. The quantitative estimate of drug-likeness (QED) is 0.703. The van der Waals surface area contributed by atoms with Gasteiger partial charge in [0.1, 0.15) is 0 Å². The number of hydrogen-bond acceptors (Lipinski definition) is 2. The first-order valence-electron chi connectivity index (χ1n) is 7.21. The van der Waals surface area contributed by atoms with Crippen molar-refractivity contribution in [3.63, 3.8) is 0 Å². The molecule has 3 unspecified atom stereocenters. The van der Waals surface area contributed by atoms with Gasteiger partial charge in [0.15, 0.2) is 0 Å². The number of hydrogen-bond donors (Lipinski definition) is 0. The maximum absolute atomic E-state index is 12.6. The Bertz CT molecular complexity index is 369. The monoisotopic (exact) mass is 250 g/mol. The highest BCUT2D eigenvalue weighted by atomic mass is 16.2. The van der Waals surface area contributed by atoms with Gasteiger partial charge < -0.3 is 9.80 Å². The van der Waals surface area contributed by atoms with Crippen molar-refractivity contribution in [1.82, 2.24) is 9.80 Å². The average molecular weight is 250 g/mol. The van der Waals surface area contributed by atoms with E-state index in [-0.39, 0.29) is 17.7 Å². The van der Waals surface area contributed by atoms with Gasteiger partial charge in [-0.15, -0.1) is 0 Å². The zero-order valence-electron chi connectivity index (χ0n) is 11.1. The SMILES string of the molecule is CN1CC(C(=O)N2CCCC3CCCC32)CC1=O. The van der Waals surface area contributed by atoms with E-state index in [0.29, 0.717) is 19.0 Å². The van der Waals surface area contributed by atoms with E-state index in [1.165, 1.54) is 25.7 Å². The summed E-state index contributed by atoms with van der Waals surface area (Å²) in [4.78, 5) is 27.9. The van der Waals surface area contributed by atoms with Crippen molar-refractivity contribution >= 4 is 11.8 Å². The molecule has 0 N–H and O–H groups in total. The molecule has 100 valence electrons. The summed E-state index contributed by atoms with van der Waals surface area (Å²) in [6.07, 6.45) is 6.58. The second-order valence-corrected chi connectivity index (χ2v) is 6.11. The number of likely N-dealkylation sites (tertiary alicyclic amines) is 2. The van der Waals surface area contributed by atoms with Crippen LogP contribution in [0.3, 0.4) is 0 Å². The lowest BCUT2D eigenvalue weighted by Gasteiger charge is -2.39. The Morgan fingerprint density at radius 3 is 2.72 bits per heavy atom. The maximum Gasteiger partial charge on any atom is 0.228 e. The number of carbonyl (C=O) groups excluding carboxylic acids is 2. The van der Waals surface area contributed by atoms with Crippen LogP contribution in [0.5, 0.6) is 0 Å². The Balaban J connectivity index is 1.70. The topological polar surface area (TPSA) is 40.6 Å². The van der Waals surface area contributed by atoms with Gasteiger partial charge in [-0.3, -0.25) is 9.59 Å². The van der Waals surface area contributed by atoms with Gasteiger partial charge in [0.05, 0.1) is 5.92 Å². The zero-order valence-corrected chi connectivity index (χ0v) is 11.1. The lowest BCUT2D eigenvalue weighted by atomic mass is 9.90. The van der Waals surface area contributed by atoms with Crippen molar-refractivity contribution in [3.8, 4) is 0 Å². The number of carbonyl (C=O) groups is 2. The van der Waals surface area contributed by atoms with E-state index in [4.69, 9.17) is 0 Å². The lowest BCUT2D eigenvalue weighted by molar-refractivity contribution is -0.140. The molecule has 3 rings (SSSR count). The van der Waals surface area contributed by atoms with Crippen molar-refractivity contribution in [2.45, 2.75) is 44.6 Å². The second kappa shape index (κ2) is 4.56. The van der Waals surface area contributed by atoms with E-state index in [1.54, 1.807) is 11.9 Å². The molecule has 4 heteroatoms. The van der Waals surface area contributed by atoms with Crippen molar-refractivity contribution < 1.29 is 9.59 Å². The van der Waals surface area contributed by atoms with Gasteiger partial charge in [0.25, 0.3) is 0 Å². The molecule has 2 saturated heterocycles. The molecule has 4 nitrogen and oxygen atoms in total. The number of amides is 2. The molecule has 1 aliphatic carbocycles. The van der Waals surface area contributed by atoms with E-state index in [2.05, 4.69) is 4.90 Å². The van der Waals surface area contributed by atoms with E-state index < -0.39 is 0 Å². The van der Waals surface area contributed by atoms with Crippen molar-refractivity contribution in [1.29, 1.82) is 0 Å². The molecule has 0 aromatic rings. The first-order valence-corrected chi connectivity index (χ1v) is 7.21. The van der Waals surface area contributed by atoms with Crippen LogP contribution in [-0.2, 0) is 9.59 Å². The fraction of sp³-hybridized carbons (Fsp3) is 0.857. The Morgan fingerprint density at radius 1 is 1.22 bits per heavy atom. The van der Waals surface area contributed by atoms with Crippen LogP contribution in [0.2, 0.25) is 0 Å². The highest BCUT2D eigenvalue weighted by Crippen LogP contribution is 2.37. The fourth-order valence-electron chi connectivity index (χ4n) is 3.99. The molecule has 1 saturated carbocycles. The molecule has 3 aliphatic rings. The Morgan fingerprint density at radius 2 is 2.00 bits per heavy atom. The fourth-order valence-corrected chi connectivity index (χ4v) is 3.99. The molecule has 18 heavy (non-hydrogen) atoms. The molecule has 0 aromatic carbocycles. The van der Waals surface area contributed by atoms with Crippen LogP contribution in [0.4, 0.5) is 0 Å². The van der Waals surface area contributed by atoms with Gasteiger partial charge in [-0.05, 0) is 31.6 Å². The minimum Gasteiger partial charge on any atom is -0.345 e. The summed E-state index contributed by atoms with van der Waals surface area (Å²) in [7, 11) is 1.80. The van der Waals surface area contributed by atoms with Crippen LogP contribution in [0, 0.1) is 11.8 Å². The van der Waals surface area contributed by atoms with Crippen LogP contribution < -0.4 is 0 Å². The summed E-state index contributed by atoms with van der Waals surface area (Å²) in [5, 5.41) is 0. The number of rotatable bonds is 1. The molecular formula is C14H22N2O2. The zero-order chi connectivity index (χ0) is 12.7. The Kier molecular flexibility index (Phi) is 3.04. The molecule has 3 fully saturated rings. The summed E-state index contributed by atoms with van der Waals surface area (Å²) in [6.45, 7) is 1.53. The van der Waals surface area contributed by atoms with E-state index in [9.17, 15) is 9.59 Å². The summed E-state index contributed by atoms with van der Waals surface area (Å²) in [6, 6.07) is 0.479. The third-order valence-corrected chi connectivity index (χ3v) is 4.97. The summed E-state index contributed by atoms with van der Waals surface area (Å²) < 4.78 is 0. The Labute approximate surface area is 108 Å². The predicted molar refractivity (Wildman–Crippen MR) is 67.8 cm³/mol. The molecule has 2 heterocycles. The molecule has 3 atom stereocenters. The van der Waals surface area contributed by atoms with Gasteiger partial charge in [-0.2, -0.15) is 0 Å². The van der Waals surface area contributed by atoms with Gasteiger partial charge in [0.2, 0.25) is 11.8 Å². The lowest BCUT2D eigenvalue weighted by Crippen LogP contribution is -2.48. The van der Waals surface area contributed by atoms with Crippen LogP contribution >= 0.6 is 0 Å². The molecule has 2 aliphatic heterocycles. The van der Waals surface area contributed by atoms with Crippen LogP contribution in [0.15, 0.2) is 0 Å². The van der Waals surface area contributed by atoms with Crippen molar-refractivity contribution in [3.05, 3.63) is 0 Å². The number of fused-ring (bicyclic) bond motifs is 1. The maximum atomic E-state index is 12.6. The normalized spacial score (nSPS) is 36.1. The number of piperidine rings is 1. The van der Waals surface area contributed by atoms with E-state index in [0.717, 1.165) is 18.9 Å². The third kappa shape index (κ3) is 1.91. The van der Waals surface area contributed by atoms with Gasteiger partial charge >= 0.3 is 0 Å². The minimum absolute atomic E-state index is 0.0816. The summed E-state index contributed by atoms with van der Waals surface area (Å²) >= 11 is 0. The first kappa shape index (κ1) is 12.0. The minimum atomic E-state index is -0.0816. The molecule has 2 amide bonds. The summed E-state index contributed by atoms with van der Waals surface area (Å²) in [5.74, 6) is 1.01. The Hall–Kier alpha value is -1.06. The predicted octanol–water partition coefficient (Wildman–Crippen LogP) is 1.26. The van der Waals surface area contributed by atoms with Gasteiger partial charge in [-0.1, -0.05) is 6.42 Å². The van der Waals surface area contributed by atoms with Crippen LogP contribution in [0.25, 0.3) is 0 Å². The van der Waals surface area contributed by atoms with Crippen molar-refractivity contribution in [2.75, 3.05) is 20.1 Å². The highest BCUT2D eigenvalue weighted by Gasteiger charge is 2.41. The standard InChI is InChI=1S/C14H22N2O2/c1-15-9-11(8-13(15)17)14(18)16-7-3-5-10-4-2-6-12(10)16/h10-12H,2-9H2,1H3. The highest BCUT2D eigenvalue weighted by molar-refractivity contribution is 5.89. The van der Waals surface area contributed by atoms with E-state index in [1.807, 2.05) is 0 Å². The second-order valence-electron chi connectivity index (χ2n) is 6.11. The van der Waals surface area contributed by atoms with Crippen molar-refractivity contribution in [2.24, 2.45) is 11.8 Å². The largest absolute Gasteiger partial charge is 0.345 e. The molecule has 0 spiro atoms. The molecular weight excluding hydrogens is 228 g/mol. The van der Waals surface area contributed by atoms with E-state index >= 15 is 0 Å². The van der Waals surface area contributed by atoms with Gasteiger partial charge in [-0.25, -0.2) is 0 Å². The molecule has 0 radical (unpaired) electrons. The number of nitrogens with zero attached hydrogens (tertiary/aromatic N) is 2. The molecule has 0 aromatic heterocycles. The van der Waals surface area contributed by atoms with Gasteiger partial charge in [0, 0.05) is 32.6 Å².